The highest BCUT2D eigenvalue weighted by molar-refractivity contribution is 6.12. The first-order valence-electron chi connectivity index (χ1n) is 1.83. The first-order chi connectivity index (χ1) is 3.29. The number of hydrogen-bond acceptors (Lipinski definition) is 3. The minimum absolute atomic E-state index is 0.0706. The van der Waals surface area contributed by atoms with Crippen LogP contribution in [0.25, 0.3) is 0 Å². The maximum absolute atomic E-state index is 10.1. The highest BCUT2D eigenvalue weighted by Crippen LogP contribution is 1.95. The third kappa shape index (κ3) is 0.765. The van der Waals surface area contributed by atoms with Crippen molar-refractivity contribution in [2.75, 3.05) is 6.61 Å². The summed E-state index contributed by atoms with van der Waals surface area (Å²) in [6.45, 7) is -0.0706. The molecule has 1 radical (unpaired) electrons. The Morgan fingerprint density at radius 3 is 2.43 bits per heavy atom. The predicted octanol–water partition coefficient (Wildman–Crippen LogP) is -0.683. The first kappa shape index (κ1) is 4.30. The van der Waals surface area contributed by atoms with E-state index in [9.17, 15) is 9.59 Å². The van der Waals surface area contributed by atoms with E-state index in [0.29, 0.717) is 0 Å². The Morgan fingerprint density at radius 1 is 1.57 bits per heavy atom. The lowest BCUT2D eigenvalue weighted by Gasteiger charge is -1.79. The van der Waals surface area contributed by atoms with Crippen LogP contribution in [0.2, 0.25) is 0 Å². The van der Waals surface area contributed by atoms with Gasteiger partial charge in [0.05, 0.1) is 0 Å². The van der Waals surface area contributed by atoms with E-state index in [1.165, 1.54) is 0 Å². The largest absolute Gasteiger partial charge is 0.457 e. The molecule has 1 aliphatic heterocycles. The lowest BCUT2D eigenvalue weighted by molar-refractivity contribution is -0.135. The van der Waals surface area contributed by atoms with Crippen LogP contribution in [0.1, 0.15) is 0 Å². The standard InChI is InChI=1S/C4H3O3/c5-3-1-4(6)7-2-3/h1H,2H2. The van der Waals surface area contributed by atoms with Crippen molar-refractivity contribution >= 4 is 11.8 Å². The van der Waals surface area contributed by atoms with Gasteiger partial charge in [0.1, 0.15) is 6.42 Å². The summed E-state index contributed by atoms with van der Waals surface area (Å²) < 4.78 is 4.22. The molecule has 1 aliphatic rings. The van der Waals surface area contributed by atoms with Crippen LogP contribution in [0.5, 0.6) is 0 Å². The third-order valence-corrected chi connectivity index (χ3v) is 0.636. The maximum Gasteiger partial charge on any atom is 0.318 e. The average Bonchev–Trinajstić information content (AvgIpc) is 1.87. The first-order valence-corrected chi connectivity index (χ1v) is 1.83. The van der Waals surface area contributed by atoms with E-state index >= 15 is 0 Å². The Balaban J connectivity index is 2.55. The number of cyclic esters (lactones) is 1. The number of hydrogen-bond donors (Lipinski definition) is 0. The van der Waals surface area contributed by atoms with E-state index in [1.54, 1.807) is 0 Å². The van der Waals surface area contributed by atoms with E-state index in [4.69, 9.17) is 0 Å². The fourth-order valence-electron chi connectivity index (χ4n) is 0.357. The molecular weight excluding hydrogens is 96.0 g/mol. The van der Waals surface area contributed by atoms with Crippen LogP contribution in [-0.4, -0.2) is 18.4 Å². The minimum atomic E-state index is -0.523. The zero-order chi connectivity index (χ0) is 5.28. The van der Waals surface area contributed by atoms with Gasteiger partial charge in [0, 0.05) is 0 Å². The second kappa shape index (κ2) is 1.33. The van der Waals surface area contributed by atoms with Gasteiger partial charge in [-0.1, -0.05) is 0 Å². The fourth-order valence-corrected chi connectivity index (χ4v) is 0.357. The van der Waals surface area contributed by atoms with E-state index in [0.717, 1.165) is 6.42 Å². The van der Waals surface area contributed by atoms with Crippen molar-refractivity contribution in [3.63, 3.8) is 0 Å². The van der Waals surface area contributed by atoms with E-state index in [-0.39, 0.29) is 12.4 Å². The SMILES string of the molecule is O=C1[CH]C(=O)OC1. The highest BCUT2D eigenvalue weighted by atomic mass is 16.5. The molecule has 0 aromatic heterocycles. The maximum atomic E-state index is 10.1. The molecule has 1 rings (SSSR count). The summed E-state index contributed by atoms with van der Waals surface area (Å²) in [4.78, 5) is 20.0. The molecule has 0 unspecified atom stereocenters. The molecule has 0 bridgehead atoms. The Bertz CT molecular complexity index is 102. The fraction of sp³-hybridized carbons (Fsp3) is 0.250. The summed E-state index contributed by atoms with van der Waals surface area (Å²) in [6.07, 6.45) is 0.944. The van der Waals surface area contributed by atoms with Crippen molar-refractivity contribution in [2.45, 2.75) is 0 Å². The molecule has 0 aromatic carbocycles. The lowest BCUT2D eigenvalue weighted by atomic mass is 10.3. The molecule has 7 heavy (non-hydrogen) atoms. The van der Waals surface area contributed by atoms with Crippen LogP contribution >= 0.6 is 0 Å². The molecule has 3 nitrogen and oxygen atoms in total. The van der Waals surface area contributed by atoms with Crippen LogP contribution in [0.4, 0.5) is 0 Å². The van der Waals surface area contributed by atoms with Gasteiger partial charge in [0.15, 0.2) is 12.4 Å². The molecular formula is C4H3O3. The number of esters is 1. The second-order valence-electron chi connectivity index (χ2n) is 1.22. The molecule has 37 valence electrons. The van der Waals surface area contributed by atoms with Gasteiger partial charge < -0.3 is 4.74 Å². The number of rotatable bonds is 0. The van der Waals surface area contributed by atoms with Crippen molar-refractivity contribution in [3.05, 3.63) is 6.42 Å². The number of carbonyl (C=O) groups is 2. The van der Waals surface area contributed by atoms with Crippen molar-refractivity contribution in [3.8, 4) is 0 Å². The Morgan fingerprint density at radius 2 is 2.29 bits per heavy atom. The summed E-state index contributed by atoms with van der Waals surface area (Å²) in [5.41, 5.74) is 0. The monoisotopic (exact) mass is 99.0 g/mol. The zero-order valence-corrected chi connectivity index (χ0v) is 3.51. The van der Waals surface area contributed by atoms with Crippen LogP contribution in [0.15, 0.2) is 0 Å². The molecule has 0 N–H and O–H groups in total. The molecule has 0 saturated carbocycles. The normalized spacial score (nSPS) is 20.0. The van der Waals surface area contributed by atoms with Gasteiger partial charge in [0.25, 0.3) is 0 Å². The molecule has 0 atom stereocenters. The number of carbonyl (C=O) groups excluding carboxylic acids is 2. The molecule has 0 amide bonds. The topological polar surface area (TPSA) is 43.4 Å². The van der Waals surface area contributed by atoms with Gasteiger partial charge in [-0.25, -0.2) is 0 Å². The Hall–Kier alpha value is -0.860. The van der Waals surface area contributed by atoms with Crippen LogP contribution < -0.4 is 0 Å². The highest BCUT2D eigenvalue weighted by Gasteiger charge is 2.19. The second-order valence-corrected chi connectivity index (χ2v) is 1.22. The Labute approximate surface area is 40.3 Å². The smallest absolute Gasteiger partial charge is 0.318 e. The predicted molar refractivity (Wildman–Crippen MR) is 20.3 cm³/mol. The van der Waals surface area contributed by atoms with Gasteiger partial charge in [0.2, 0.25) is 0 Å². The van der Waals surface area contributed by atoms with Gasteiger partial charge in [-0.3, -0.25) is 9.59 Å². The third-order valence-electron chi connectivity index (χ3n) is 0.636. The van der Waals surface area contributed by atoms with E-state index in [2.05, 4.69) is 4.74 Å². The van der Waals surface area contributed by atoms with Crippen LogP contribution in [-0.2, 0) is 14.3 Å². The number of ketones is 1. The minimum Gasteiger partial charge on any atom is -0.457 e. The summed E-state index contributed by atoms with van der Waals surface area (Å²) in [7, 11) is 0. The van der Waals surface area contributed by atoms with Gasteiger partial charge in [-0.2, -0.15) is 0 Å². The number of ether oxygens (including phenoxy) is 1. The van der Waals surface area contributed by atoms with Gasteiger partial charge >= 0.3 is 5.97 Å². The molecule has 1 heterocycles. The van der Waals surface area contributed by atoms with Crippen LogP contribution in [0.3, 0.4) is 0 Å². The quantitative estimate of drug-likeness (QED) is 0.378. The van der Waals surface area contributed by atoms with Crippen molar-refractivity contribution in [1.29, 1.82) is 0 Å². The number of Topliss-reactive ketones (excluding diaryl/α,β-unsaturated/α-hetero) is 1. The molecule has 3 heteroatoms. The van der Waals surface area contributed by atoms with Crippen molar-refractivity contribution in [2.24, 2.45) is 0 Å². The molecule has 0 spiro atoms. The average molecular weight is 99.1 g/mol. The van der Waals surface area contributed by atoms with E-state index in [1.807, 2.05) is 0 Å². The van der Waals surface area contributed by atoms with E-state index < -0.39 is 5.97 Å². The summed E-state index contributed by atoms with van der Waals surface area (Å²) in [5, 5.41) is 0. The zero-order valence-electron chi connectivity index (χ0n) is 3.51. The summed E-state index contributed by atoms with van der Waals surface area (Å²) >= 11 is 0. The summed E-state index contributed by atoms with van der Waals surface area (Å²) in [5.74, 6) is -0.769. The molecule has 0 aliphatic carbocycles. The van der Waals surface area contributed by atoms with Gasteiger partial charge in [-0.15, -0.1) is 0 Å². The van der Waals surface area contributed by atoms with Gasteiger partial charge in [-0.05, 0) is 0 Å². The molecule has 1 saturated heterocycles. The summed E-state index contributed by atoms with van der Waals surface area (Å²) in [6, 6.07) is 0. The molecule has 1 fully saturated rings. The Kier molecular flexibility index (Phi) is 0.817. The van der Waals surface area contributed by atoms with Crippen LogP contribution in [0, 0.1) is 6.42 Å². The van der Waals surface area contributed by atoms with Crippen molar-refractivity contribution < 1.29 is 14.3 Å². The van der Waals surface area contributed by atoms with Crippen molar-refractivity contribution in [1.82, 2.24) is 0 Å². The lowest BCUT2D eigenvalue weighted by Crippen LogP contribution is -1.92. The molecule has 0 aromatic rings.